The smallest absolute Gasteiger partial charge is 0.0681 e. The van der Waals surface area contributed by atoms with Crippen LogP contribution in [-0.2, 0) is 11.3 Å². The zero-order valence-electron chi connectivity index (χ0n) is 11.5. The van der Waals surface area contributed by atoms with E-state index in [1.807, 2.05) is 24.3 Å². The van der Waals surface area contributed by atoms with Crippen LogP contribution in [0.2, 0.25) is 0 Å². The zero-order valence-corrected chi connectivity index (χ0v) is 11.5. The van der Waals surface area contributed by atoms with Crippen molar-refractivity contribution in [3.05, 3.63) is 66.2 Å². The van der Waals surface area contributed by atoms with E-state index >= 15 is 0 Å². The maximum Gasteiger partial charge on any atom is 0.0681 e. The van der Waals surface area contributed by atoms with Gasteiger partial charge in [0.1, 0.15) is 0 Å². The molecule has 3 heteroatoms. The Bertz CT molecular complexity index is 467. The Kier molecular flexibility index (Phi) is 6.08. The topological polar surface area (TPSA) is 32.7 Å². The van der Waals surface area contributed by atoms with Crippen LogP contribution in [0.5, 0.6) is 0 Å². The molecule has 20 heavy (non-hydrogen) atoms. The number of hydrogen-bond acceptors (Lipinski definition) is 3. The Morgan fingerprint density at radius 3 is 2.00 bits per heavy atom. The summed E-state index contributed by atoms with van der Waals surface area (Å²) in [6.07, 6.45) is 0. The molecule has 3 rings (SSSR count). The van der Waals surface area contributed by atoms with Crippen molar-refractivity contribution < 1.29 is 9.84 Å². The van der Waals surface area contributed by atoms with Crippen LogP contribution in [0, 0.1) is 12.1 Å². The summed E-state index contributed by atoms with van der Waals surface area (Å²) in [4.78, 5) is 2.33. The number of ether oxygens (including phenoxy) is 1. The van der Waals surface area contributed by atoms with Gasteiger partial charge in [-0.1, -0.05) is 36.4 Å². The fraction of sp³-hybridized carbons (Fsp3) is 0.294. The molecule has 104 valence electrons. The maximum absolute atomic E-state index is 8.52. The molecule has 1 aliphatic rings. The highest BCUT2D eigenvalue weighted by atomic mass is 16.5. The molecule has 2 radical (unpaired) electrons. The van der Waals surface area contributed by atoms with Gasteiger partial charge in [-0.05, 0) is 29.8 Å². The van der Waals surface area contributed by atoms with Crippen LogP contribution < -0.4 is 4.90 Å². The molecule has 3 nitrogen and oxygen atoms in total. The number of anilines is 1. The molecular formula is C17H19NO2. The van der Waals surface area contributed by atoms with E-state index in [0.717, 1.165) is 31.9 Å². The van der Waals surface area contributed by atoms with Gasteiger partial charge < -0.3 is 14.7 Å². The lowest BCUT2D eigenvalue weighted by Crippen LogP contribution is -2.36. The average molecular weight is 269 g/mol. The van der Waals surface area contributed by atoms with Crippen molar-refractivity contribution in [3.63, 3.8) is 0 Å². The maximum atomic E-state index is 8.52. The summed E-state index contributed by atoms with van der Waals surface area (Å²) in [6.45, 7) is 3.82. The Morgan fingerprint density at radius 2 is 1.50 bits per heavy atom. The molecule has 1 N–H and O–H groups in total. The first-order valence-electron chi connectivity index (χ1n) is 6.75. The minimum absolute atomic E-state index is 0.120. The summed E-state index contributed by atoms with van der Waals surface area (Å²) in [7, 11) is 0. The fourth-order valence-electron chi connectivity index (χ4n) is 1.94. The average Bonchev–Trinajstić information content (AvgIpc) is 2.58. The molecule has 0 bridgehead atoms. The number of aliphatic hydroxyl groups excluding tert-OH is 1. The third-order valence-electron chi connectivity index (χ3n) is 3.05. The molecule has 0 atom stereocenters. The number of rotatable bonds is 2. The molecule has 1 heterocycles. The van der Waals surface area contributed by atoms with Crippen molar-refractivity contribution in [1.82, 2.24) is 0 Å². The first-order chi connectivity index (χ1) is 9.90. The van der Waals surface area contributed by atoms with Crippen LogP contribution >= 0.6 is 0 Å². The van der Waals surface area contributed by atoms with Crippen molar-refractivity contribution in [3.8, 4) is 0 Å². The Morgan fingerprint density at radius 1 is 0.950 bits per heavy atom. The molecule has 1 fully saturated rings. The number of aliphatic hydroxyl groups is 1. The second-order valence-corrected chi connectivity index (χ2v) is 4.42. The van der Waals surface area contributed by atoms with Gasteiger partial charge in [-0.3, -0.25) is 0 Å². The van der Waals surface area contributed by atoms with E-state index < -0.39 is 0 Å². The lowest BCUT2D eigenvalue weighted by atomic mass is 10.2. The Labute approximate surface area is 120 Å². The van der Waals surface area contributed by atoms with Crippen molar-refractivity contribution >= 4 is 5.69 Å². The summed E-state index contributed by atoms with van der Waals surface area (Å²) in [5, 5.41) is 8.52. The van der Waals surface area contributed by atoms with Crippen LogP contribution in [0.3, 0.4) is 0 Å². The molecule has 2 aromatic carbocycles. The van der Waals surface area contributed by atoms with Crippen LogP contribution in [0.1, 0.15) is 5.56 Å². The largest absolute Gasteiger partial charge is 0.392 e. The second kappa shape index (κ2) is 8.35. The number of benzene rings is 2. The minimum Gasteiger partial charge on any atom is -0.392 e. The normalized spacial score (nSPS) is 14.3. The van der Waals surface area contributed by atoms with Crippen LogP contribution in [0.25, 0.3) is 0 Å². The van der Waals surface area contributed by atoms with E-state index in [4.69, 9.17) is 9.84 Å². The van der Waals surface area contributed by atoms with E-state index in [0.29, 0.717) is 0 Å². The SMILES string of the molecule is OCc1cc[c]cc1.[c]1ccc(N2CCOCC2)cc1. The molecular weight excluding hydrogens is 250 g/mol. The summed E-state index contributed by atoms with van der Waals surface area (Å²) in [6, 6.07) is 21.2. The van der Waals surface area contributed by atoms with E-state index in [9.17, 15) is 0 Å². The monoisotopic (exact) mass is 269 g/mol. The first-order valence-corrected chi connectivity index (χ1v) is 6.75. The highest BCUT2D eigenvalue weighted by Gasteiger charge is 2.09. The first kappa shape index (κ1) is 14.6. The molecule has 0 aliphatic carbocycles. The van der Waals surface area contributed by atoms with Gasteiger partial charge in [0.2, 0.25) is 0 Å². The highest BCUT2D eigenvalue weighted by Crippen LogP contribution is 2.13. The van der Waals surface area contributed by atoms with Crippen molar-refractivity contribution in [2.75, 3.05) is 31.2 Å². The summed E-state index contributed by atoms with van der Waals surface area (Å²) >= 11 is 0. The standard InChI is InChI=1S/C10H12NO.C7H7O/c1-2-4-10(5-3-1)11-6-8-12-9-7-11;8-6-7-4-2-1-3-5-7/h2-5H,6-9H2;2-5,8H,6H2. The van der Waals surface area contributed by atoms with Crippen LogP contribution in [-0.4, -0.2) is 31.4 Å². The van der Waals surface area contributed by atoms with Crippen molar-refractivity contribution in [2.45, 2.75) is 6.61 Å². The Balaban J connectivity index is 0.000000160. The minimum atomic E-state index is 0.120. The summed E-state index contributed by atoms with van der Waals surface area (Å²) < 4.78 is 5.27. The summed E-state index contributed by atoms with van der Waals surface area (Å²) in [5.74, 6) is 0. The second-order valence-electron chi connectivity index (χ2n) is 4.42. The van der Waals surface area contributed by atoms with Gasteiger partial charge in [-0.25, -0.2) is 0 Å². The van der Waals surface area contributed by atoms with E-state index in [2.05, 4.69) is 29.2 Å². The number of morpholine rings is 1. The van der Waals surface area contributed by atoms with Gasteiger partial charge in [0.25, 0.3) is 0 Å². The third kappa shape index (κ3) is 4.68. The zero-order chi connectivity index (χ0) is 14.0. The van der Waals surface area contributed by atoms with Gasteiger partial charge >= 0.3 is 0 Å². The van der Waals surface area contributed by atoms with Gasteiger partial charge in [-0.15, -0.1) is 0 Å². The van der Waals surface area contributed by atoms with Crippen molar-refractivity contribution in [1.29, 1.82) is 0 Å². The molecule has 2 aromatic rings. The van der Waals surface area contributed by atoms with E-state index in [1.165, 1.54) is 5.69 Å². The number of hydrogen-bond donors (Lipinski definition) is 1. The summed E-state index contributed by atoms with van der Waals surface area (Å²) in [5.41, 5.74) is 2.21. The van der Waals surface area contributed by atoms with Gasteiger partial charge in [0.05, 0.1) is 19.8 Å². The van der Waals surface area contributed by atoms with Crippen LogP contribution in [0.4, 0.5) is 5.69 Å². The predicted octanol–water partition coefficient (Wildman–Crippen LogP) is 2.30. The van der Waals surface area contributed by atoms with Gasteiger partial charge in [0.15, 0.2) is 0 Å². The Hall–Kier alpha value is -1.84. The van der Waals surface area contributed by atoms with E-state index in [1.54, 1.807) is 12.1 Å². The highest BCUT2D eigenvalue weighted by molar-refractivity contribution is 5.45. The molecule has 0 amide bonds. The fourth-order valence-corrected chi connectivity index (χ4v) is 1.94. The molecule has 0 aromatic heterocycles. The predicted molar refractivity (Wildman–Crippen MR) is 79.5 cm³/mol. The molecule has 0 saturated carbocycles. The molecule has 1 aliphatic heterocycles. The lowest BCUT2D eigenvalue weighted by molar-refractivity contribution is 0.122. The van der Waals surface area contributed by atoms with E-state index in [-0.39, 0.29) is 6.61 Å². The van der Waals surface area contributed by atoms with Gasteiger partial charge in [-0.2, -0.15) is 0 Å². The van der Waals surface area contributed by atoms with Crippen LogP contribution in [0.15, 0.2) is 48.5 Å². The third-order valence-corrected chi connectivity index (χ3v) is 3.05. The quantitative estimate of drug-likeness (QED) is 0.908. The van der Waals surface area contributed by atoms with Gasteiger partial charge in [0, 0.05) is 18.8 Å². The molecule has 0 unspecified atom stereocenters. The molecule has 0 spiro atoms. The lowest BCUT2D eigenvalue weighted by Gasteiger charge is -2.28. The molecule has 1 saturated heterocycles. The van der Waals surface area contributed by atoms with Crippen molar-refractivity contribution in [2.24, 2.45) is 0 Å². The number of nitrogens with zero attached hydrogens (tertiary/aromatic N) is 1.